The summed E-state index contributed by atoms with van der Waals surface area (Å²) in [5.41, 5.74) is 0. The first-order valence-electron chi connectivity index (χ1n) is 5.10. The third kappa shape index (κ3) is 2.03. The zero-order valence-corrected chi connectivity index (χ0v) is 8.07. The monoisotopic (exact) mass is 176 g/mol. The van der Waals surface area contributed by atoms with Crippen LogP contribution < -0.4 is 4.74 Å². The lowest BCUT2D eigenvalue weighted by Gasteiger charge is -2.34. The standard InChI is InChI=1S/C12H16O/c1-2-10-8-12(9-10)13-11-6-4-3-5-7-11/h3-7,10,12H,2,8-9H2,1H3. The Kier molecular flexibility index (Phi) is 2.53. The largest absolute Gasteiger partial charge is 0.490 e. The molecule has 0 N–H and O–H groups in total. The summed E-state index contributed by atoms with van der Waals surface area (Å²) in [4.78, 5) is 0. The maximum atomic E-state index is 5.78. The molecule has 13 heavy (non-hydrogen) atoms. The molecule has 0 aromatic heterocycles. The first kappa shape index (κ1) is 8.61. The van der Waals surface area contributed by atoms with E-state index in [4.69, 9.17) is 4.74 Å². The summed E-state index contributed by atoms with van der Waals surface area (Å²) in [5, 5.41) is 0. The molecule has 0 bridgehead atoms. The lowest BCUT2D eigenvalue weighted by molar-refractivity contribution is 0.0631. The Balaban J connectivity index is 1.81. The Labute approximate surface area is 79.7 Å². The predicted molar refractivity (Wildman–Crippen MR) is 53.9 cm³/mol. The molecule has 1 nitrogen and oxygen atoms in total. The van der Waals surface area contributed by atoms with Crippen LogP contribution >= 0.6 is 0 Å². The summed E-state index contributed by atoms with van der Waals surface area (Å²) in [7, 11) is 0. The third-order valence-electron chi connectivity index (χ3n) is 2.82. The van der Waals surface area contributed by atoms with Crippen molar-refractivity contribution in [3.63, 3.8) is 0 Å². The van der Waals surface area contributed by atoms with Crippen LogP contribution in [-0.2, 0) is 0 Å². The van der Waals surface area contributed by atoms with E-state index in [-0.39, 0.29) is 0 Å². The molecule has 1 saturated carbocycles. The molecule has 70 valence electrons. The fourth-order valence-corrected chi connectivity index (χ4v) is 1.80. The molecule has 0 unspecified atom stereocenters. The van der Waals surface area contributed by atoms with Gasteiger partial charge in [0.25, 0.3) is 0 Å². The molecule has 1 heteroatoms. The van der Waals surface area contributed by atoms with Crippen molar-refractivity contribution in [2.45, 2.75) is 32.3 Å². The number of para-hydroxylation sites is 1. The van der Waals surface area contributed by atoms with Crippen LogP contribution in [0, 0.1) is 5.92 Å². The molecule has 1 fully saturated rings. The van der Waals surface area contributed by atoms with Gasteiger partial charge in [-0.3, -0.25) is 0 Å². The Morgan fingerprint density at radius 3 is 2.54 bits per heavy atom. The van der Waals surface area contributed by atoms with Gasteiger partial charge in [-0.25, -0.2) is 0 Å². The first-order valence-corrected chi connectivity index (χ1v) is 5.10. The fourth-order valence-electron chi connectivity index (χ4n) is 1.80. The van der Waals surface area contributed by atoms with Crippen LogP contribution in [0.3, 0.4) is 0 Å². The highest BCUT2D eigenvalue weighted by atomic mass is 16.5. The van der Waals surface area contributed by atoms with Gasteiger partial charge in [-0.1, -0.05) is 31.5 Å². The summed E-state index contributed by atoms with van der Waals surface area (Å²) in [5.74, 6) is 1.93. The fraction of sp³-hybridized carbons (Fsp3) is 0.500. The Morgan fingerprint density at radius 1 is 1.23 bits per heavy atom. The molecule has 0 atom stereocenters. The van der Waals surface area contributed by atoms with Crippen molar-refractivity contribution >= 4 is 0 Å². The molecule has 0 heterocycles. The minimum Gasteiger partial charge on any atom is -0.490 e. The topological polar surface area (TPSA) is 9.23 Å². The molecular weight excluding hydrogens is 160 g/mol. The quantitative estimate of drug-likeness (QED) is 0.687. The predicted octanol–water partition coefficient (Wildman–Crippen LogP) is 3.25. The van der Waals surface area contributed by atoms with Crippen molar-refractivity contribution in [1.82, 2.24) is 0 Å². The second-order valence-electron chi connectivity index (χ2n) is 3.80. The van der Waals surface area contributed by atoms with E-state index in [1.807, 2.05) is 30.3 Å². The van der Waals surface area contributed by atoms with Gasteiger partial charge >= 0.3 is 0 Å². The molecule has 1 aliphatic rings. The minimum absolute atomic E-state index is 0.479. The van der Waals surface area contributed by atoms with Crippen molar-refractivity contribution in [3.8, 4) is 5.75 Å². The Morgan fingerprint density at radius 2 is 1.92 bits per heavy atom. The lowest BCUT2D eigenvalue weighted by atomic mass is 9.80. The van der Waals surface area contributed by atoms with E-state index in [0.29, 0.717) is 6.10 Å². The summed E-state index contributed by atoms with van der Waals surface area (Å²) < 4.78 is 5.78. The highest BCUT2D eigenvalue weighted by Gasteiger charge is 2.28. The number of hydrogen-bond donors (Lipinski definition) is 0. The van der Waals surface area contributed by atoms with Crippen molar-refractivity contribution in [2.75, 3.05) is 0 Å². The molecule has 1 aliphatic carbocycles. The summed E-state index contributed by atoms with van der Waals surface area (Å²) >= 11 is 0. The van der Waals surface area contributed by atoms with Crippen LogP contribution in [0.5, 0.6) is 5.75 Å². The van der Waals surface area contributed by atoms with E-state index in [1.165, 1.54) is 19.3 Å². The molecule has 1 aromatic carbocycles. The van der Waals surface area contributed by atoms with E-state index < -0.39 is 0 Å². The van der Waals surface area contributed by atoms with E-state index in [2.05, 4.69) is 6.92 Å². The number of benzene rings is 1. The van der Waals surface area contributed by atoms with Crippen molar-refractivity contribution in [3.05, 3.63) is 30.3 Å². The molecule has 0 radical (unpaired) electrons. The maximum absolute atomic E-state index is 5.78. The SMILES string of the molecule is CCC1CC(Oc2ccccc2)C1. The van der Waals surface area contributed by atoms with Crippen LogP contribution in [0.25, 0.3) is 0 Å². The molecule has 0 aliphatic heterocycles. The van der Waals surface area contributed by atoms with Gasteiger partial charge in [0.05, 0.1) is 6.10 Å². The lowest BCUT2D eigenvalue weighted by Crippen LogP contribution is -2.33. The molecule has 0 amide bonds. The number of ether oxygens (including phenoxy) is 1. The maximum Gasteiger partial charge on any atom is 0.119 e. The second kappa shape index (κ2) is 3.82. The second-order valence-corrected chi connectivity index (χ2v) is 3.80. The van der Waals surface area contributed by atoms with Crippen molar-refractivity contribution in [1.29, 1.82) is 0 Å². The molecule has 0 spiro atoms. The van der Waals surface area contributed by atoms with Gasteiger partial charge in [0.2, 0.25) is 0 Å². The molecule has 1 aromatic rings. The number of rotatable bonds is 3. The average molecular weight is 176 g/mol. The van der Waals surface area contributed by atoms with Gasteiger partial charge < -0.3 is 4.74 Å². The highest BCUT2D eigenvalue weighted by Crippen LogP contribution is 2.33. The minimum atomic E-state index is 0.479. The smallest absolute Gasteiger partial charge is 0.119 e. The van der Waals surface area contributed by atoms with Crippen molar-refractivity contribution < 1.29 is 4.74 Å². The average Bonchev–Trinajstić information content (AvgIpc) is 2.12. The summed E-state index contributed by atoms with van der Waals surface area (Å²) in [6.07, 6.45) is 4.26. The molecule has 2 rings (SSSR count). The van der Waals surface area contributed by atoms with E-state index >= 15 is 0 Å². The van der Waals surface area contributed by atoms with Gasteiger partial charge in [0.15, 0.2) is 0 Å². The molecule has 0 saturated heterocycles. The van der Waals surface area contributed by atoms with E-state index in [0.717, 1.165) is 11.7 Å². The van der Waals surface area contributed by atoms with Crippen molar-refractivity contribution in [2.24, 2.45) is 5.92 Å². The normalized spacial score (nSPS) is 26.5. The Bertz CT molecular complexity index is 249. The van der Waals surface area contributed by atoms with Gasteiger partial charge in [-0.15, -0.1) is 0 Å². The van der Waals surface area contributed by atoms with Crippen LogP contribution in [-0.4, -0.2) is 6.10 Å². The Hall–Kier alpha value is -0.980. The summed E-state index contributed by atoms with van der Waals surface area (Å²) in [6.45, 7) is 2.25. The van der Waals surface area contributed by atoms with Crippen LogP contribution in [0.15, 0.2) is 30.3 Å². The number of hydrogen-bond acceptors (Lipinski definition) is 1. The van der Waals surface area contributed by atoms with Gasteiger partial charge in [-0.2, -0.15) is 0 Å². The van der Waals surface area contributed by atoms with Crippen LogP contribution in [0.2, 0.25) is 0 Å². The van der Waals surface area contributed by atoms with Gasteiger partial charge in [0.1, 0.15) is 5.75 Å². The van der Waals surface area contributed by atoms with Crippen LogP contribution in [0.1, 0.15) is 26.2 Å². The summed E-state index contributed by atoms with van der Waals surface area (Å²) in [6, 6.07) is 10.1. The van der Waals surface area contributed by atoms with E-state index in [1.54, 1.807) is 0 Å². The van der Waals surface area contributed by atoms with Gasteiger partial charge in [-0.05, 0) is 30.9 Å². The third-order valence-corrected chi connectivity index (χ3v) is 2.82. The van der Waals surface area contributed by atoms with Crippen LogP contribution in [0.4, 0.5) is 0 Å². The zero-order valence-electron chi connectivity index (χ0n) is 8.07. The highest BCUT2D eigenvalue weighted by molar-refractivity contribution is 5.21. The van der Waals surface area contributed by atoms with E-state index in [9.17, 15) is 0 Å². The first-order chi connectivity index (χ1) is 6.38. The zero-order chi connectivity index (χ0) is 9.10. The molecular formula is C12H16O. The van der Waals surface area contributed by atoms with Gasteiger partial charge in [0, 0.05) is 0 Å².